The molecule has 0 heterocycles. The summed E-state index contributed by atoms with van der Waals surface area (Å²) >= 11 is 5.56. The second kappa shape index (κ2) is 10.2. The summed E-state index contributed by atoms with van der Waals surface area (Å²) in [6.45, 7) is 3.67. The molecule has 0 aromatic heterocycles. The molecule has 2 aromatic rings. The molecule has 0 fully saturated rings. The molecule has 0 aliphatic rings. The van der Waals surface area contributed by atoms with Gasteiger partial charge in [0.2, 0.25) is 5.91 Å². The van der Waals surface area contributed by atoms with Crippen LogP contribution in [0.15, 0.2) is 59.6 Å². The summed E-state index contributed by atoms with van der Waals surface area (Å²) < 4.78 is 18.4. The Kier molecular flexibility index (Phi) is 7.71. The molecule has 0 saturated carbocycles. The van der Waals surface area contributed by atoms with E-state index in [9.17, 15) is 18.8 Å². The molecular weight excluding hydrogens is 387 g/mol. The van der Waals surface area contributed by atoms with Crippen molar-refractivity contribution in [2.24, 2.45) is 0 Å². The van der Waals surface area contributed by atoms with E-state index in [1.807, 2.05) is 0 Å². The number of rotatable bonds is 10. The van der Waals surface area contributed by atoms with E-state index in [1.165, 1.54) is 30.4 Å². The first-order valence-electron chi connectivity index (χ1n) is 8.29. The van der Waals surface area contributed by atoms with Gasteiger partial charge < -0.3 is 15.4 Å². The molecule has 146 valence electrons. The quantitative estimate of drug-likeness (QED) is 0.470. The van der Waals surface area contributed by atoms with Gasteiger partial charge in [-0.2, -0.15) is 0 Å². The molecule has 0 atom stereocenters. The first-order chi connectivity index (χ1) is 13.3. The number of benzene rings is 1. The maximum absolute atomic E-state index is 13.3. The zero-order valence-corrected chi connectivity index (χ0v) is 15.6. The third-order valence-corrected chi connectivity index (χ3v) is 3.74. The summed E-state index contributed by atoms with van der Waals surface area (Å²) in [6, 6.07) is 5.37. The minimum Gasteiger partial charge on any atom is -0.484 e. The number of hydrogen-bond donors (Lipinski definition) is 2. The van der Waals surface area contributed by atoms with Crippen LogP contribution in [0, 0.1) is 5.82 Å². The van der Waals surface area contributed by atoms with Crippen molar-refractivity contribution in [3.05, 3.63) is 81.4 Å². The number of hydrogen-bond acceptors (Lipinski definition) is 4. The van der Waals surface area contributed by atoms with Gasteiger partial charge in [-0.15, -0.1) is 0 Å². The van der Waals surface area contributed by atoms with E-state index in [0.29, 0.717) is 17.7 Å². The molecule has 2 rings (SSSR count). The second-order valence-corrected chi connectivity index (χ2v) is 6.15. The van der Waals surface area contributed by atoms with Gasteiger partial charge in [0.05, 0.1) is 5.02 Å². The highest BCUT2D eigenvalue weighted by molar-refractivity contribution is 6.30. The first kappa shape index (κ1) is 21.1. The van der Waals surface area contributed by atoms with Crippen LogP contribution in [0.5, 0.6) is 5.75 Å². The molecule has 0 unspecified atom stereocenters. The maximum atomic E-state index is 13.3. The van der Waals surface area contributed by atoms with E-state index in [-0.39, 0.29) is 35.3 Å². The highest BCUT2D eigenvalue weighted by Gasteiger charge is 2.06. The van der Waals surface area contributed by atoms with Crippen molar-refractivity contribution in [2.75, 3.05) is 13.2 Å². The number of carbonyl (C=O) groups excluding carboxylic acids is 2. The highest BCUT2D eigenvalue weighted by atomic mass is 35.5. The molecule has 6 nitrogen and oxygen atoms in total. The molecule has 8 heteroatoms. The lowest BCUT2D eigenvalue weighted by molar-refractivity contribution is -0.123. The van der Waals surface area contributed by atoms with Gasteiger partial charge in [0.15, 0.2) is 12.0 Å². The minimum atomic E-state index is -0.630. The van der Waals surface area contributed by atoms with E-state index < -0.39 is 11.7 Å². The van der Waals surface area contributed by atoms with Crippen molar-refractivity contribution in [2.45, 2.75) is 6.42 Å². The molecule has 28 heavy (non-hydrogen) atoms. The predicted molar refractivity (Wildman–Crippen MR) is 105 cm³/mol. The topological polar surface area (TPSA) is 84.5 Å². The Bertz CT molecular complexity index is 942. The van der Waals surface area contributed by atoms with E-state index in [2.05, 4.69) is 17.2 Å². The van der Waals surface area contributed by atoms with Crippen LogP contribution < -0.4 is 20.8 Å². The summed E-state index contributed by atoms with van der Waals surface area (Å²) in [5.74, 6) is -1.21. The van der Waals surface area contributed by atoms with Crippen molar-refractivity contribution in [3.8, 4) is 5.75 Å². The number of halogens is 2. The zero-order valence-electron chi connectivity index (χ0n) is 14.8. The van der Waals surface area contributed by atoms with Crippen LogP contribution >= 0.6 is 11.6 Å². The SMILES string of the molecule is C=C(CCNC(=O)COc1ccc(Cl)c(F)c1)NC(=O)/C=C/C=C\c1cc1=O. The van der Waals surface area contributed by atoms with Crippen LogP contribution in [0.2, 0.25) is 5.02 Å². The van der Waals surface area contributed by atoms with Gasteiger partial charge in [0.1, 0.15) is 11.6 Å². The van der Waals surface area contributed by atoms with Crippen molar-refractivity contribution < 1.29 is 18.7 Å². The fourth-order valence-corrected chi connectivity index (χ4v) is 2.05. The van der Waals surface area contributed by atoms with E-state index in [4.69, 9.17) is 16.3 Å². The lowest BCUT2D eigenvalue weighted by Crippen LogP contribution is -2.31. The van der Waals surface area contributed by atoms with Gasteiger partial charge >= 0.3 is 0 Å². The number of ether oxygens (including phenoxy) is 1. The molecule has 0 aliphatic carbocycles. The molecule has 0 saturated heterocycles. The Hall–Kier alpha value is -3.19. The van der Waals surface area contributed by atoms with Crippen molar-refractivity contribution in [3.63, 3.8) is 0 Å². The lowest BCUT2D eigenvalue weighted by Gasteiger charge is -2.09. The lowest BCUT2D eigenvalue weighted by atomic mass is 10.3. The van der Waals surface area contributed by atoms with Crippen LogP contribution in [-0.4, -0.2) is 25.0 Å². The van der Waals surface area contributed by atoms with Gasteiger partial charge in [0.25, 0.3) is 5.91 Å². The Balaban J connectivity index is 1.60. The first-order valence-corrected chi connectivity index (χ1v) is 8.67. The molecule has 2 aromatic carbocycles. The van der Waals surface area contributed by atoms with Gasteiger partial charge in [-0.1, -0.05) is 36.4 Å². The van der Waals surface area contributed by atoms with Crippen LogP contribution in [-0.2, 0) is 9.59 Å². The Morgan fingerprint density at radius 3 is 2.68 bits per heavy atom. The number of carbonyl (C=O) groups is 2. The van der Waals surface area contributed by atoms with Gasteiger partial charge in [-0.25, -0.2) is 4.39 Å². The summed E-state index contributed by atoms with van der Waals surface area (Å²) in [6.07, 6.45) is 6.33. The molecule has 0 radical (unpaired) electrons. The van der Waals surface area contributed by atoms with Gasteiger partial charge in [0, 0.05) is 36.4 Å². The molecular formula is C20H18ClFN2O4. The fourth-order valence-electron chi connectivity index (χ4n) is 1.94. The smallest absolute Gasteiger partial charge is 0.257 e. The minimum absolute atomic E-state index is 0.00439. The van der Waals surface area contributed by atoms with Crippen LogP contribution in [0.4, 0.5) is 4.39 Å². The Morgan fingerprint density at radius 1 is 1.25 bits per heavy atom. The van der Waals surface area contributed by atoms with Crippen molar-refractivity contribution in [1.29, 1.82) is 0 Å². The maximum Gasteiger partial charge on any atom is 0.257 e. The Morgan fingerprint density at radius 2 is 2.00 bits per heavy atom. The number of amides is 2. The molecule has 2 amide bonds. The standard InChI is InChI=1S/C20H18ClFN2O4/c1-13(24-19(26)5-3-2-4-14-10-18(14)25)8-9-23-20(27)12-28-15-6-7-16(21)17(22)11-15/h2-7,10-11H,1,8-9,12H2,(H,23,27)(H,24,26)/b4-2-,5-3+. The van der Waals surface area contributed by atoms with Gasteiger partial charge in [-0.3, -0.25) is 14.4 Å². The number of allylic oxidation sites excluding steroid dienone is 2. The number of nitrogens with one attached hydrogen (secondary N) is 2. The van der Waals surface area contributed by atoms with Crippen molar-refractivity contribution >= 4 is 29.5 Å². The van der Waals surface area contributed by atoms with Crippen LogP contribution in [0.25, 0.3) is 6.08 Å². The average Bonchev–Trinajstić information content (AvgIpc) is 3.35. The van der Waals surface area contributed by atoms with E-state index in [1.54, 1.807) is 12.2 Å². The van der Waals surface area contributed by atoms with E-state index >= 15 is 0 Å². The van der Waals surface area contributed by atoms with Crippen LogP contribution in [0.3, 0.4) is 0 Å². The normalized spacial score (nSPS) is 11.2. The summed E-state index contributed by atoms with van der Waals surface area (Å²) in [7, 11) is 0. The summed E-state index contributed by atoms with van der Waals surface area (Å²) in [5.41, 5.74) is 1.05. The average molecular weight is 405 g/mol. The van der Waals surface area contributed by atoms with Crippen molar-refractivity contribution in [1.82, 2.24) is 10.6 Å². The summed E-state index contributed by atoms with van der Waals surface area (Å²) in [4.78, 5) is 34.1. The predicted octanol–water partition coefficient (Wildman–Crippen LogP) is 2.50. The molecule has 2 N–H and O–H groups in total. The largest absolute Gasteiger partial charge is 0.484 e. The summed E-state index contributed by atoms with van der Waals surface area (Å²) in [5, 5.41) is 5.13. The molecule has 0 aliphatic heterocycles. The monoisotopic (exact) mass is 404 g/mol. The molecule has 0 spiro atoms. The van der Waals surface area contributed by atoms with Gasteiger partial charge in [-0.05, 0) is 18.2 Å². The highest BCUT2D eigenvalue weighted by Crippen LogP contribution is 2.20. The fraction of sp³-hybridized carbons (Fsp3) is 0.150. The second-order valence-electron chi connectivity index (χ2n) is 5.74. The third-order valence-electron chi connectivity index (χ3n) is 3.43. The molecule has 0 bridgehead atoms. The van der Waals surface area contributed by atoms with E-state index in [0.717, 1.165) is 6.07 Å². The Labute approximate surface area is 166 Å². The van der Waals surface area contributed by atoms with Crippen LogP contribution in [0.1, 0.15) is 12.0 Å². The zero-order chi connectivity index (χ0) is 20.5. The third kappa shape index (κ3) is 7.59.